The summed E-state index contributed by atoms with van der Waals surface area (Å²) in [5.74, 6) is 1.00. The molecular weight excluding hydrogens is 316 g/mol. The minimum Gasteiger partial charge on any atom is -0.496 e. The van der Waals surface area contributed by atoms with Gasteiger partial charge < -0.3 is 9.47 Å². The summed E-state index contributed by atoms with van der Waals surface area (Å²) in [5, 5.41) is 1.12. The third-order valence-corrected chi connectivity index (χ3v) is 3.91. The molecule has 0 aromatic heterocycles. The molecule has 0 heterocycles. The van der Waals surface area contributed by atoms with E-state index >= 15 is 0 Å². The Morgan fingerprint density at radius 2 is 1.60 bits per heavy atom. The quantitative estimate of drug-likeness (QED) is 0.393. The number of hydrogen-bond donors (Lipinski definition) is 0. The number of hydrogen-bond acceptors (Lipinski definition) is 2. The van der Waals surface area contributed by atoms with E-state index in [-0.39, 0.29) is 0 Å². The Hall–Kier alpha value is -0.540. The molecule has 0 saturated carbocycles. The fraction of sp³-hybridized carbons (Fsp3) is 0.647. The van der Waals surface area contributed by atoms with E-state index in [0.29, 0.717) is 0 Å². The summed E-state index contributed by atoms with van der Waals surface area (Å²) in [6, 6.07) is 8.25. The molecule has 20 heavy (non-hydrogen) atoms. The molecule has 0 spiro atoms. The van der Waals surface area contributed by atoms with Crippen LogP contribution >= 0.6 is 15.9 Å². The summed E-state index contributed by atoms with van der Waals surface area (Å²) in [6.07, 6.45) is 8.41. The van der Waals surface area contributed by atoms with Gasteiger partial charge in [-0.1, -0.05) is 47.0 Å². The van der Waals surface area contributed by atoms with E-state index in [1.54, 1.807) is 7.11 Å². The lowest BCUT2D eigenvalue weighted by Gasteiger charge is -2.08. The molecule has 1 rings (SSSR count). The number of ether oxygens (including phenoxy) is 2. The maximum Gasteiger partial charge on any atom is 0.122 e. The van der Waals surface area contributed by atoms with Crippen LogP contribution in [0, 0.1) is 0 Å². The molecule has 0 saturated heterocycles. The van der Waals surface area contributed by atoms with Crippen molar-refractivity contribution in [2.75, 3.05) is 25.7 Å². The van der Waals surface area contributed by atoms with Gasteiger partial charge >= 0.3 is 0 Å². The zero-order valence-electron chi connectivity index (χ0n) is 12.6. The molecule has 0 aliphatic rings. The highest BCUT2D eigenvalue weighted by Gasteiger charge is 2.00. The number of aryl methyl sites for hydroxylation is 1. The minimum atomic E-state index is 0.883. The Morgan fingerprint density at radius 1 is 0.900 bits per heavy atom. The maximum atomic E-state index is 5.67. The van der Waals surface area contributed by atoms with Crippen LogP contribution in [0.3, 0.4) is 0 Å². The molecule has 0 bridgehead atoms. The topological polar surface area (TPSA) is 18.5 Å². The first-order valence-electron chi connectivity index (χ1n) is 7.64. The number of unbranched alkanes of at least 4 members (excludes halogenated alkanes) is 4. The molecule has 0 amide bonds. The second-order valence-electron chi connectivity index (χ2n) is 4.98. The van der Waals surface area contributed by atoms with Crippen LogP contribution in [0.4, 0.5) is 0 Å². The zero-order valence-corrected chi connectivity index (χ0v) is 14.2. The SMILES string of the molecule is COc1ccccc1CCCCOCCCCCCBr. The Kier molecular flexibility index (Phi) is 10.7. The van der Waals surface area contributed by atoms with Crippen molar-refractivity contribution < 1.29 is 9.47 Å². The van der Waals surface area contributed by atoms with Crippen molar-refractivity contribution in [2.45, 2.75) is 44.9 Å². The number of halogens is 1. The summed E-state index contributed by atoms with van der Waals surface area (Å²) in [6.45, 7) is 1.80. The van der Waals surface area contributed by atoms with Crippen LogP contribution in [0.2, 0.25) is 0 Å². The van der Waals surface area contributed by atoms with E-state index in [1.807, 2.05) is 12.1 Å². The Balaban J connectivity index is 1.97. The second kappa shape index (κ2) is 12.2. The van der Waals surface area contributed by atoms with Gasteiger partial charge in [0.1, 0.15) is 5.75 Å². The van der Waals surface area contributed by atoms with Gasteiger partial charge in [-0.05, 0) is 43.7 Å². The van der Waals surface area contributed by atoms with Gasteiger partial charge in [0, 0.05) is 18.5 Å². The van der Waals surface area contributed by atoms with Crippen molar-refractivity contribution in [3.05, 3.63) is 29.8 Å². The van der Waals surface area contributed by atoms with E-state index in [4.69, 9.17) is 9.47 Å². The smallest absolute Gasteiger partial charge is 0.122 e. The van der Waals surface area contributed by atoms with E-state index in [2.05, 4.69) is 28.1 Å². The lowest BCUT2D eigenvalue weighted by Crippen LogP contribution is -1.99. The van der Waals surface area contributed by atoms with E-state index < -0.39 is 0 Å². The summed E-state index contributed by atoms with van der Waals surface area (Å²) >= 11 is 3.45. The molecule has 0 atom stereocenters. The van der Waals surface area contributed by atoms with Crippen LogP contribution in [0.25, 0.3) is 0 Å². The molecule has 114 valence electrons. The average molecular weight is 343 g/mol. The van der Waals surface area contributed by atoms with Crippen molar-refractivity contribution in [3.63, 3.8) is 0 Å². The summed E-state index contributed by atoms with van der Waals surface area (Å²) in [5.41, 5.74) is 1.30. The second-order valence-corrected chi connectivity index (χ2v) is 5.78. The monoisotopic (exact) mass is 342 g/mol. The maximum absolute atomic E-state index is 5.67. The standard InChI is InChI=1S/C17H27BrO2/c1-19-17-12-5-4-10-16(17)11-6-9-15-20-14-8-3-2-7-13-18/h4-5,10,12H,2-3,6-9,11,13-15H2,1H3. The summed E-state index contributed by atoms with van der Waals surface area (Å²) < 4.78 is 11.0. The van der Waals surface area contributed by atoms with Crippen LogP contribution in [0.1, 0.15) is 44.1 Å². The van der Waals surface area contributed by atoms with E-state index in [9.17, 15) is 0 Å². The molecular formula is C17H27BrO2. The molecule has 2 nitrogen and oxygen atoms in total. The largest absolute Gasteiger partial charge is 0.496 e. The first-order chi connectivity index (χ1) is 9.88. The van der Waals surface area contributed by atoms with E-state index in [0.717, 1.165) is 43.6 Å². The lowest BCUT2D eigenvalue weighted by atomic mass is 10.1. The highest BCUT2D eigenvalue weighted by atomic mass is 79.9. The molecule has 0 radical (unpaired) electrons. The lowest BCUT2D eigenvalue weighted by molar-refractivity contribution is 0.126. The zero-order chi connectivity index (χ0) is 14.5. The highest BCUT2D eigenvalue weighted by molar-refractivity contribution is 9.09. The average Bonchev–Trinajstić information content (AvgIpc) is 2.49. The molecule has 0 fully saturated rings. The van der Waals surface area contributed by atoms with Gasteiger partial charge in [-0.2, -0.15) is 0 Å². The van der Waals surface area contributed by atoms with Crippen LogP contribution in [0.5, 0.6) is 5.75 Å². The number of benzene rings is 1. The third-order valence-electron chi connectivity index (χ3n) is 3.35. The van der Waals surface area contributed by atoms with Gasteiger partial charge in [0.25, 0.3) is 0 Å². The molecule has 0 aliphatic carbocycles. The highest BCUT2D eigenvalue weighted by Crippen LogP contribution is 2.19. The van der Waals surface area contributed by atoms with Gasteiger partial charge in [-0.25, -0.2) is 0 Å². The Labute approximate surface area is 132 Å². The van der Waals surface area contributed by atoms with Gasteiger partial charge in [0.05, 0.1) is 7.11 Å². The van der Waals surface area contributed by atoms with E-state index in [1.165, 1.54) is 31.2 Å². The predicted molar refractivity (Wildman–Crippen MR) is 89.0 cm³/mol. The van der Waals surface area contributed by atoms with Crippen molar-refractivity contribution >= 4 is 15.9 Å². The Bertz CT molecular complexity index is 342. The van der Waals surface area contributed by atoms with Gasteiger partial charge in [0.2, 0.25) is 0 Å². The number of para-hydroxylation sites is 1. The molecule has 0 aliphatic heterocycles. The van der Waals surface area contributed by atoms with Crippen molar-refractivity contribution in [3.8, 4) is 5.75 Å². The minimum absolute atomic E-state index is 0.883. The predicted octanol–water partition coefficient (Wildman–Crippen LogP) is 4.99. The van der Waals surface area contributed by atoms with Crippen molar-refractivity contribution in [1.29, 1.82) is 0 Å². The molecule has 3 heteroatoms. The molecule has 0 N–H and O–H groups in total. The van der Waals surface area contributed by atoms with Gasteiger partial charge in [0.15, 0.2) is 0 Å². The Morgan fingerprint density at radius 3 is 2.35 bits per heavy atom. The number of methoxy groups -OCH3 is 1. The third kappa shape index (κ3) is 7.91. The first kappa shape index (κ1) is 17.5. The van der Waals surface area contributed by atoms with Crippen LogP contribution in [-0.2, 0) is 11.2 Å². The number of alkyl halides is 1. The molecule has 1 aromatic carbocycles. The van der Waals surface area contributed by atoms with Gasteiger partial charge in [-0.3, -0.25) is 0 Å². The van der Waals surface area contributed by atoms with Crippen LogP contribution < -0.4 is 4.74 Å². The van der Waals surface area contributed by atoms with Crippen molar-refractivity contribution in [1.82, 2.24) is 0 Å². The van der Waals surface area contributed by atoms with Crippen LogP contribution in [-0.4, -0.2) is 25.7 Å². The fourth-order valence-corrected chi connectivity index (χ4v) is 2.58. The molecule has 0 unspecified atom stereocenters. The molecule has 1 aromatic rings. The summed E-state index contributed by atoms with van der Waals surface area (Å²) in [7, 11) is 1.73. The fourth-order valence-electron chi connectivity index (χ4n) is 2.18. The van der Waals surface area contributed by atoms with Crippen molar-refractivity contribution in [2.24, 2.45) is 0 Å². The van der Waals surface area contributed by atoms with Gasteiger partial charge in [-0.15, -0.1) is 0 Å². The van der Waals surface area contributed by atoms with Crippen LogP contribution in [0.15, 0.2) is 24.3 Å². The summed E-state index contributed by atoms with van der Waals surface area (Å²) in [4.78, 5) is 0. The normalized spacial score (nSPS) is 10.7. The number of rotatable bonds is 12. The first-order valence-corrected chi connectivity index (χ1v) is 8.76.